The molecule has 2 saturated carbocycles. The van der Waals surface area contributed by atoms with Crippen molar-refractivity contribution in [3.8, 4) is 0 Å². The molecule has 21 heavy (non-hydrogen) atoms. The van der Waals surface area contributed by atoms with E-state index in [-0.39, 0.29) is 11.3 Å². The van der Waals surface area contributed by atoms with Gasteiger partial charge in [0.25, 0.3) is 0 Å². The summed E-state index contributed by atoms with van der Waals surface area (Å²) in [5, 5.41) is 0. The van der Waals surface area contributed by atoms with Crippen molar-refractivity contribution in [2.24, 2.45) is 17.3 Å². The van der Waals surface area contributed by atoms with E-state index in [9.17, 15) is 4.79 Å². The standard InChI is InChI=1S/C20H24O/c21-18-12-6-14-20-13-5-10-16(20)9-4-11-17(19(18)20)15-7-2-1-3-8-15/h1-4,7-9,16-17,19H,5-6,10-14H2/t16-,17-,19+,20+/m0/s1. The second-order valence-electron chi connectivity index (χ2n) is 7.21. The summed E-state index contributed by atoms with van der Waals surface area (Å²) in [7, 11) is 0. The molecule has 110 valence electrons. The Kier molecular flexibility index (Phi) is 3.24. The molecule has 3 aliphatic rings. The summed E-state index contributed by atoms with van der Waals surface area (Å²) in [5.41, 5.74) is 1.65. The minimum absolute atomic E-state index is 0.260. The molecule has 0 saturated heterocycles. The van der Waals surface area contributed by atoms with E-state index < -0.39 is 0 Å². The number of carbonyl (C=O) groups excluding carboxylic acids is 1. The molecule has 1 aromatic rings. The maximum atomic E-state index is 12.9. The van der Waals surface area contributed by atoms with E-state index in [0.29, 0.717) is 17.6 Å². The smallest absolute Gasteiger partial charge is 0.137 e. The molecule has 4 rings (SSSR count). The lowest BCUT2D eigenvalue weighted by molar-refractivity contribution is -0.133. The normalized spacial score (nSPS) is 38.7. The molecule has 0 bridgehead atoms. The van der Waals surface area contributed by atoms with E-state index >= 15 is 0 Å². The quantitative estimate of drug-likeness (QED) is 0.670. The van der Waals surface area contributed by atoms with E-state index in [1.54, 1.807) is 0 Å². The van der Waals surface area contributed by atoms with Crippen LogP contribution in [-0.4, -0.2) is 5.78 Å². The first-order valence-electron chi connectivity index (χ1n) is 8.55. The highest BCUT2D eigenvalue weighted by Crippen LogP contribution is 2.60. The van der Waals surface area contributed by atoms with E-state index in [2.05, 4.69) is 42.5 Å². The average molecular weight is 280 g/mol. The van der Waals surface area contributed by atoms with Gasteiger partial charge in [-0.3, -0.25) is 4.79 Å². The number of benzene rings is 1. The van der Waals surface area contributed by atoms with Crippen LogP contribution in [0.5, 0.6) is 0 Å². The molecule has 0 unspecified atom stereocenters. The van der Waals surface area contributed by atoms with Crippen molar-refractivity contribution in [1.82, 2.24) is 0 Å². The number of carbonyl (C=O) groups is 1. The van der Waals surface area contributed by atoms with Crippen LogP contribution >= 0.6 is 0 Å². The molecule has 0 amide bonds. The van der Waals surface area contributed by atoms with E-state index in [0.717, 1.165) is 19.3 Å². The van der Waals surface area contributed by atoms with E-state index in [1.165, 1.54) is 31.2 Å². The first-order valence-corrected chi connectivity index (χ1v) is 8.55. The number of hydrogen-bond donors (Lipinski definition) is 0. The summed E-state index contributed by atoms with van der Waals surface area (Å²) in [5.74, 6) is 1.86. The Hall–Kier alpha value is -1.37. The first kappa shape index (κ1) is 13.3. The number of allylic oxidation sites excluding steroid dienone is 2. The Balaban J connectivity index is 1.81. The lowest BCUT2D eigenvalue weighted by atomic mass is 9.56. The third-order valence-corrected chi connectivity index (χ3v) is 6.32. The zero-order valence-electron chi connectivity index (χ0n) is 12.6. The summed E-state index contributed by atoms with van der Waals surface area (Å²) >= 11 is 0. The molecule has 1 spiro atoms. The first-order chi connectivity index (χ1) is 10.3. The van der Waals surface area contributed by atoms with Gasteiger partial charge in [0, 0.05) is 12.3 Å². The van der Waals surface area contributed by atoms with Gasteiger partial charge in [0.05, 0.1) is 0 Å². The lowest BCUT2D eigenvalue weighted by Crippen LogP contribution is -2.44. The Morgan fingerprint density at radius 3 is 2.71 bits per heavy atom. The predicted octanol–water partition coefficient (Wildman–Crippen LogP) is 4.89. The second kappa shape index (κ2) is 5.12. The molecular weight excluding hydrogens is 256 g/mol. The van der Waals surface area contributed by atoms with Gasteiger partial charge in [0.1, 0.15) is 5.78 Å². The Morgan fingerprint density at radius 1 is 1.05 bits per heavy atom. The van der Waals surface area contributed by atoms with Crippen LogP contribution in [0.15, 0.2) is 42.5 Å². The van der Waals surface area contributed by atoms with Crippen molar-refractivity contribution < 1.29 is 4.79 Å². The molecule has 1 aromatic carbocycles. The SMILES string of the molecule is O=C1CCC[C@]23CCC[C@@H]2C=CC[C@@H](c2ccccc2)[C@H]13. The second-order valence-corrected chi connectivity index (χ2v) is 7.21. The van der Waals surface area contributed by atoms with Crippen molar-refractivity contribution >= 4 is 5.78 Å². The molecule has 1 nitrogen and oxygen atoms in total. The minimum atomic E-state index is 0.260. The van der Waals surface area contributed by atoms with Crippen LogP contribution < -0.4 is 0 Å². The molecule has 0 aliphatic heterocycles. The zero-order chi connectivity index (χ0) is 14.3. The molecule has 4 atom stereocenters. The summed E-state index contributed by atoms with van der Waals surface area (Å²) < 4.78 is 0. The largest absolute Gasteiger partial charge is 0.299 e. The molecule has 3 aliphatic carbocycles. The van der Waals surface area contributed by atoms with Crippen LogP contribution in [0.2, 0.25) is 0 Å². The fourth-order valence-corrected chi connectivity index (χ4v) is 5.51. The van der Waals surface area contributed by atoms with Gasteiger partial charge in [-0.15, -0.1) is 0 Å². The van der Waals surface area contributed by atoms with Gasteiger partial charge < -0.3 is 0 Å². The van der Waals surface area contributed by atoms with Crippen LogP contribution in [0.3, 0.4) is 0 Å². The van der Waals surface area contributed by atoms with Gasteiger partial charge in [0.15, 0.2) is 0 Å². The Bertz CT molecular complexity index is 558. The van der Waals surface area contributed by atoms with Gasteiger partial charge in [-0.1, -0.05) is 48.9 Å². The van der Waals surface area contributed by atoms with Gasteiger partial charge in [-0.05, 0) is 54.9 Å². The topological polar surface area (TPSA) is 17.1 Å². The molecule has 0 aromatic heterocycles. The maximum absolute atomic E-state index is 12.9. The summed E-state index contributed by atoms with van der Waals surface area (Å²) in [4.78, 5) is 12.9. The average Bonchev–Trinajstić information content (AvgIpc) is 2.81. The summed E-state index contributed by atoms with van der Waals surface area (Å²) in [6.45, 7) is 0. The number of Topliss-reactive ketones (excluding diaryl/α,β-unsaturated/α-hetero) is 1. The molecule has 0 N–H and O–H groups in total. The van der Waals surface area contributed by atoms with Crippen molar-refractivity contribution in [3.63, 3.8) is 0 Å². The van der Waals surface area contributed by atoms with Crippen molar-refractivity contribution in [2.45, 2.75) is 50.9 Å². The highest BCUT2D eigenvalue weighted by atomic mass is 16.1. The third kappa shape index (κ3) is 2.01. The third-order valence-electron chi connectivity index (χ3n) is 6.32. The van der Waals surface area contributed by atoms with Crippen LogP contribution in [0.25, 0.3) is 0 Å². The van der Waals surface area contributed by atoms with Crippen LogP contribution in [-0.2, 0) is 4.79 Å². The Morgan fingerprint density at radius 2 is 1.86 bits per heavy atom. The highest BCUT2D eigenvalue weighted by Gasteiger charge is 2.54. The van der Waals surface area contributed by atoms with Gasteiger partial charge in [-0.2, -0.15) is 0 Å². The van der Waals surface area contributed by atoms with Crippen LogP contribution in [0.4, 0.5) is 0 Å². The number of rotatable bonds is 1. The van der Waals surface area contributed by atoms with Crippen LogP contribution in [0, 0.1) is 17.3 Å². The molecule has 0 heterocycles. The van der Waals surface area contributed by atoms with Gasteiger partial charge in [0.2, 0.25) is 0 Å². The molecular formula is C20H24O. The van der Waals surface area contributed by atoms with E-state index in [1.807, 2.05) is 0 Å². The molecule has 1 heteroatoms. The lowest BCUT2D eigenvalue weighted by Gasteiger charge is -2.46. The predicted molar refractivity (Wildman–Crippen MR) is 85.1 cm³/mol. The number of hydrogen-bond acceptors (Lipinski definition) is 1. The van der Waals surface area contributed by atoms with Crippen LogP contribution in [0.1, 0.15) is 56.4 Å². The van der Waals surface area contributed by atoms with Crippen molar-refractivity contribution in [1.29, 1.82) is 0 Å². The van der Waals surface area contributed by atoms with E-state index in [4.69, 9.17) is 0 Å². The van der Waals surface area contributed by atoms with Gasteiger partial charge in [-0.25, -0.2) is 0 Å². The Labute approximate surface area is 127 Å². The molecule has 2 fully saturated rings. The van der Waals surface area contributed by atoms with Gasteiger partial charge >= 0.3 is 0 Å². The van der Waals surface area contributed by atoms with Crippen molar-refractivity contribution in [2.75, 3.05) is 0 Å². The fourth-order valence-electron chi connectivity index (χ4n) is 5.51. The summed E-state index contributed by atoms with van der Waals surface area (Å²) in [6.07, 6.45) is 12.9. The van der Waals surface area contributed by atoms with Crippen molar-refractivity contribution in [3.05, 3.63) is 48.0 Å². The maximum Gasteiger partial charge on any atom is 0.137 e. The summed E-state index contributed by atoms with van der Waals surface area (Å²) in [6, 6.07) is 10.8. The zero-order valence-corrected chi connectivity index (χ0v) is 12.6. The highest BCUT2D eigenvalue weighted by molar-refractivity contribution is 5.84. The fraction of sp³-hybridized carbons (Fsp3) is 0.550. The molecule has 0 radical (unpaired) electrons. The monoisotopic (exact) mass is 280 g/mol. The number of ketones is 1. The minimum Gasteiger partial charge on any atom is -0.299 e.